The quantitative estimate of drug-likeness (QED) is 0.878. The van der Waals surface area contributed by atoms with E-state index in [2.05, 4.69) is 29.3 Å². The molecule has 16 heavy (non-hydrogen) atoms. The monoisotopic (exact) mass is 241 g/mol. The third-order valence-electron chi connectivity index (χ3n) is 2.61. The Labute approximate surface area is 101 Å². The van der Waals surface area contributed by atoms with Gasteiger partial charge >= 0.3 is 0 Å². The molecule has 2 rings (SSSR count). The van der Waals surface area contributed by atoms with Crippen LogP contribution in [0.4, 0.5) is 0 Å². The van der Waals surface area contributed by atoms with Gasteiger partial charge in [0, 0.05) is 6.04 Å². The fraction of sp³-hybridized carbons (Fsp3) is 0.818. The molecule has 0 amide bonds. The van der Waals surface area contributed by atoms with Crippen molar-refractivity contribution in [3.63, 3.8) is 0 Å². The van der Waals surface area contributed by atoms with Crippen molar-refractivity contribution < 1.29 is 4.52 Å². The van der Waals surface area contributed by atoms with Crippen LogP contribution in [0.5, 0.6) is 0 Å². The minimum atomic E-state index is 0.425. The lowest BCUT2D eigenvalue weighted by Crippen LogP contribution is -2.22. The maximum Gasteiger partial charge on any atom is 0.239 e. The van der Waals surface area contributed by atoms with Gasteiger partial charge in [-0.15, -0.1) is 11.8 Å². The minimum Gasteiger partial charge on any atom is -0.338 e. The zero-order chi connectivity index (χ0) is 11.4. The zero-order valence-electron chi connectivity index (χ0n) is 9.90. The van der Waals surface area contributed by atoms with E-state index in [0.29, 0.717) is 17.8 Å². The molecule has 1 N–H and O–H groups in total. The summed E-state index contributed by atoms with van der Waals surface area (Å²) in [5, 5.41) is 7.71. The molecule has 0 aliphatic carbocycles. The standard InChI is InChI=1S/C11H19N3OS/c1-8(2)12-7-10-13-11(15-14-10)9-5-3-4-6-16-9/h8-9,12H,3-7H2,1-2H3. The maximum absolute atomic E-state index is 5.31. The molecule has 1 unspecified atom stereocenters. The van der Waals surface area contributed by atoms with Crippen LogP contribution in [0.1, 0.15) is 50.1 Å². The third-order valence-corrected chi connectivity index (χ3v) is 3.97. The van der Waals surface area contributed by atoms with Gasteiger partial charge in [-0.3, -0.25) is 0 Å². The fourth-order valence-electron chi connectivity index (χ4n) is 1.70. The van der Waals surface area contributed by atoms with Crippen molar-refractivity contribution in [3.05, 3.63) is 11.7 Å². The van der Waals surface area contributed by atoms with Crippen LogP contribution in [0.2, 0.25) is 0 Å². The van der Waals surface area contributed by atoms with Crippen molar-refractivity contribution in [2.24, 2.45) is 0 Å². The summed E-state index contributed by atoms with van der Waals surface area (Å²) in [5.74, 6) is 2.80. The Kier molecular flexibility index (Phi) is 4.23. The lowest BCUT2D eigenvalue weighted by Gasteiger charge is -2.16. The van der Waals surface area contributed by atoms with Gasteiger partial charge < -0.3 is 9.84 Å². The van der Waals surface area contributed by atoms with Crippen molar-refractivity contribution in [2.75, 3.05) is 5.75 Å². The summed E-state index contributed by atoms with van der Waals surface area (Å²) in [6.07, 6.45) is 3.76. The van der Waals surface area contributed by atoms with E-state index in [1.54, 1.807) is 0 Å². The van der Waals surface area contributed by atoms with E-state index in [1.165, 1.54) is 25.0 Å². The molecule has 0 saturated carbocycles. The Bertz CT molecular complexity index is 321. The molecular weight excluding hydrogens is 222 g/mol. The Balaban J connectivity index is 1.90. The van der Waals surface area contributed by atoms with E-state index in [-0.39, 0.29) is 0 Å². The maximum atomic E-state index is 5.31. The fourth-order valence-corrected chi connectivity index (χ4v) is 2.93. The normalized spacial score (nSPS) is 21.6. The van der Waals surface area contributed by atoms with Gasteiger partial charge in [-0.1, -0.05) is 25.4 Å². The lowest BCUT2D eigenvalue weighted by atomic mass is 10.2. The van der Waals surface area contributed by atoms with Gasteiger partial charge in [-0.25, -0.2) is 0 Å². The Morgan fingerprint density at radius 3 is 3.06 bits per heavy atom. The van der Waals surface area contributed by atoms with Crippen molar-refractivity contribution in [2.45, 2.75) is 50.9 Å². The van der Waals surface area contributed by atoms with Gasteiger partial charge in [-0.2, -0.15) is 4.98 Å². The van der Waals surface area contributed by atoms with Gasteiger partial charge in [0.15, 0.2) is 5.82 Å². The highest BCUT2D eigenvalue weighted by molar-refractivity contribution is 7.99. The number of rotatable bonds is 4. The Hall–Kier alpha value is -0.550. The van der Waals surface area contributed by atoms with Gasteiger partial charge in [-0.05, 0) is 18.6 Å². The first kappa shape index (κ1) is 11.9. The first-order valence-corrected chi connectivity index (χ1v) is 6.98. The van der Waals surface area contributed by atoms with Crippen molar-refractivity contribution >= 4 is 11.8 Å². The van der Waals surface area contributed by atoms with Crippen LogP contribution in [0.15, 0.2) is 4.52 Å². The molecule has 1 aromatic rings. The summed E-state index contributed by atoms with van der Waals surface area (Å²) in [6, 6.07) is 0.450. The molecule has 0 bridgehead atoms. The molecule has 90 valence electrons. The summed E-state index contributed by atoms with van der Waals surface area (Å²) >= 11 is 1.94. The Morgan fingerprint density at radius 1 is 1.50 bits per heavy atom. The Morgan fingerprint density at radius 2 is 2.38 bits per heavy atom. The molecule has 4 nitrogen and oxygen atoms in total. The molecule has 0 radical (unpaired) electrons. The predicted octanol–water partition coefficient (Wildman–Crippen LogP) is 2.53. The van der Waals surface area contributed by atoms with E-state index in [9.17, 15) is 0 Å². The number of nitrogens with one attached hydrogen (secondary N) is 1. The highest BCUT2D eigenvalue weighted by Crippen LogP contribution is 2.37. The molecule has 0 aromatic carbocycles. The summed E-state index contributed by atoms with van der Waals surface area (Å²) in [5.41, 5.74) is 0. The van der Waals surface area contributed by atoms with Crippen molar-refractivity contribution in [3.8, 4) is 0 Å². The summed E-state index contributed by atoms with van der Waals surface area (Å²) in [7, 11) is 0. The SMILES string of the molecule is CC(C)NCc1noc(C2CCCCS2)n1. The number of thioether (sulfide) groups is 1. The van der Waals surface area contributed by atoms with Gasteiger partial charge in [0.25, 0.3) is 0 Å². The van der Waals surface area contributed by atoms with E-state index < -0.39 is 0 Å². The molecule has 2 heterocycles. The number of hydrogen-bond donors (Lipinski definition) is 1. The molecule has 1 aliphatic rings. The number of aromatic nitrogens is 2. The van der Waals surface area contributed by atoms with Crippen LogP contribution < -0.4 is 5.32 Å². The van der Waals surface area contributed by atoms with Crippen LogP contribution in [0.3, 0.4) is 0 Å². The third kappa shape index (κ3) is 3.22. The predicted molar refractivity (Wildman–Crippen MR) is 65.3 cm³/mol. The van der Waals surface area contributed by atoms with Gasteiger partial charge in [0.2, 0.25) is 5.89 Å². The smallest absolute Gasteiger partial charge is 0.239 e. The number of nitrogens with zero attached hydrogens (tertiary/aromatic N) is 2. The summed E-state index contributed by atoms with van der Waals surface area (Å²) < 4.78 is 5.31. The molecular formula is C11H19N3OS. The lowest BCUT2D eigenvalue weighted by molar-refractivity contribution is 0.363. The molecule has 1 aliphatic heterocycles. The first-order chi connectivity index (χ1) is 7.75. The highest BCUT2D eigenvalue weighted by Gasteiger charge is 2.21. The average molecular weight is 241 g/mol. The van der Waals surface area contributed by atoms with E-state index >= 15 is 0 Å². The van der Waals surface area contributed by atoms with Crippen LogP contribution in [0.25, 0.3) is 0 Å². The second-order valence-electron chi connectivity index (χ2n) is 4.44. The van der Waals surface area contributed by atoms with Crippen molar-refractivity contribution in [1.82, 2.24) is 15.5 Å². The highest BCUT2D eigenvalue weighted by atomic mass is 32.2. The van der Waals surface area contributed by atoms with E-state index in [4.69, 9.17) is 4.52 Å². The largest absolute Gasteiger partial charge is 0.338 e. The molecule has 0 spiro atoms. The average Bonchev–Trinajstić information content (AvgIpc) is 2.76. The molecule has 1 atom stereocenters. The summed E-state index contributed by atoms with van der Waals surface area (Å²) in [4.78, 5) is 4.44. The van der Waals surface area contributed by atoms with Crippen LogP contribution in [0, 0.1) is 0 Å². The van der Waals surface area contributed by atoms with Gasteiger partial charge in [0.05, 0.1) is 11.8 Å². The molecule has 1 aromatic heterocycles. The van der Waals surface area contributed by atoms with Crippen LogP contribution in [-0.2, 0) is 6.54 Å². The number of hydrogen-bond acceptors (Lipinski definition) is 5. The summed E-state index contributed by atoms with van der Waals surface area (Å²) in [6.45, 7) is 4.91. The molecule has 1 fully saturated rings. The second-order valence-corrected chi connectivity index (χ2v) is 5.75. The topological polar surface area (TPSA) is 51.0 Å². The molecule has 5 heteroatoms. The first-order valence-electron chi connectivity index (χ1n) is 5.93. The zero-order valence-corrected chi connectivity index (χ0v) is 10.7. The van der Waals surface area contributed by atoms with Gasteiger partial charge in [0.1, 0.15) is 0 Å². The van der Waals surface area contributed by atoms with Crippen LogP contribution in [-0.4, -0.2) is 21.9 Å². The minimum absolute atomic E-state index is 0.425. The molecule has 1 saturated heterocycles. The van der Waals surface area contributed by atoms with Crippen LogP contribution >= 0.6 is 11.8 Å². The van der Waals surface area contributed by atoms with E-state index in [0.717, 1.165) is 11.7 Å². The second kappa shape index (κ2) is 5.68. The van der Waals surface area contributed by atoms with E-state index in [1.807, 2.05) is 11.8 Å². The van der Waals surface area contributed by atoms with Crippen molar-refractivity contribution in [1.29, 1.82) is 0 Å².